The first-order chi connectivity index (χ1) is 9.12. The van der Waals surface area contributed by atoms with Crippen LogP contribution < -0.4 is 5.73 Å². The fourth-order valence-corrected chi connectivity index (χ4v) is 2.34. The lowest BCUT2D eigenvalue weighted by Gasteiger charge is -2.07. The van der Waals surface area contributed by atoms with E-state index in [-0.39, 0.29) is 6.04 Å². The molecule has 4 nitrogen and oxygen atoms in total. The second-order valence-corrected chi connectivity index (χ2v) is 5.16. The quantitative estimate of drug-likeness (QED) is 0.866. The Balaban J connectivity index is 2.07. The molecular weight excluding hydrogens is 236 g/mol. The van der Waals surface area contributed by atoms with Gasteiger partial charge in [-0.15, -0.1) is 0 Å². The minimum atomic E-state index is 0.263. The number of hydrogen-bond acceptors (Lipinski definition) is 2. The average Bonchev–Trinajstić information content (AvgIpc) is 2.96. The van der Waals surface area contributed by atoms with Crippen LogP contribution in [0.15, 0.2) is 24.5 Å². The van der Waals surface area contributed by atoms with Crippen molar-refractivity contribution in [1.82, 2.24) is 14.3 Å². The van der Waals surface area contributed by atoms with Gasteiger partial charge in [-0.1, -0.05) is 6.92 Å². The zero-order valence-corrected chi connectivity index (χ0v) is 12.1. The minimum Gasteiger partial charge on any atom is -0.348 e. The number of nitrogens with zero attached hydrogens (tertiary/aromatic N) is 3. The summed E-state index contributed by atoms with van der Waals surface area (Å²) in [5, 5.41) is 4.48. The third-order valence-electron chi connectivity index (χ3n) is 3.46. The van der Waals surface area contributed by atoms with Crippen molar-refractivity contribution in [1.29, 1.82) is 0 Å². The maximum Gasteiger partial charge on any atom is 0.0639 e. The summed E-state index contributed by atoms with van der Waals surface area (Å²) in [7, 11) is 0. The van der Waals surface area contributed by atoms with Crippen LogP contribution in [0.5, 0.6) is 0 Å². The van der Waals surface area contributed by atoms with Crippen molar-refractivity contribution >= 4 is 0 Å². The lowest BCUT2D eigenvalue weighted by molar-refractivity contribution is 0.596. The molecule has 2 rings (SSSR count). The molecule has 0 bridgehead atoms. The molecular formula is C15H24N4. The molecule has 0 aliphatic rings. The van der Waals surface area contributed by atoms with Gasteiger partial charge in [-0.3, -0.25) is 4.68 Å². The number of rotatable bonds is 6. The normalized spacial score (nSPS) is 12.8. The highest BCUT2D eigenvalue weighted by Gasteiger charge is 2.07. The van der Waals surface area contributed by atoms with Crippen LogP contribution in [-0.4, -0.2) is 20.4 Å². The van der Waals surface area contributed by atoms with Crippen molar-refractivity contribution in [2.75, 3.05) is 0 Å². The van der Waals surface area contributed by atoms with Crippen molar-refractivity contribution in [2.45, 2.75) is 52.7 Å². The van der Waals surface area contributed by atoms with Gasteiger partial charge in [-0.25, -0.2) is 0 Å². The fourth-order valence-electron chi connectivity index (χ4n) is 2.34. The Kier molecular flexibility index (Phi) is 4.43. The van der Waals surface area contributed by atoms with E-state index in [4.69, 9.17) is 5.73 Å². The molecule has 104 valence electrons. The summed E-state index contributed by atoms with van der Waals surface area (Å²) in [5.41, 5.74) is 9.64. The minimum absolute atomic E-state index is 0.263. The van der Waals surface area contributed by atoms with Crippen LogP contribution in [0.2, 0.25) is 0 Å². The van der Waals surface area contributed by atoms with Gasteiger partial charge in [0.05, 0.1) is 17.9 Å². The molecule has 2 aromatic heterocycles. The summed E-state index contributed by atoms with van der Waals surface area (Å²) >= 11 is 0. The predicted molar refractivity (Wildman–Crippen MR) is 78.1 cm³/mol. The van der Waals surface area contributed by atoms with Crippen LogP contribution in [0, 0.1) is 6.92 Å². The van der Waals surface area contributed by atoms with E-state index in [0.717, 1.165) is 31.6 Å². The summed E-state index contributed by atoms with van der Waals surface area (Å²) in [6.07, 6.45) is 6.29. The molecule has 0 aliphatic carbocycles. The van der Waals surface area contributed by atoms with Gasteiger partial charge in [0.2, 0.25) is 0 Å². The number of hydrogen-bond donors (Lipinski definition) is 1. The van der Waals surface area contributed by atoms with Gasteiger partial charge in [-0.2, -0.15) is 5.10 Å². The topological polar surface area (TPSA) is 48.8 Å². The standard InChI is InChI=1S/C15H24N4/c1-4-14(16)9-13-6-7-18(10-13)11-15-8-12(3)17-19(15)5-2/h6-8,10,14H,4-5,9,11,16H2,1-3H3. The highest BCUT2D eigenvalue weighted by molar-refractivity contribution is 5.15. The molecule has 0 saturated heterocycles. The highest BCUT2D eigenvalue weighted by atomic mass is 15.3. The van der Waals surface area contributed by atoms with Gasteiger partial charge >= 0.3 is 0 Å². The van der Waals surface area contributed by atoms with Gasteiger partial charge in [0.1, 0.15) is 0 Å². The van der Waals surface area contributed by atoms with Crippen LogP contribution >= 0.6 is 0 Å². The molecule has 2 heterocycles. The summed E-state index contributed by atoms with van der Waals surface area (Å²) < 4.78 is 4.27. The number of aromatic nitrogens is 3. The predicted octanol–water partition coefficient (Wildman–Crippen LogP) is 2.34. The molecule has 0 spiro atoms. The molecule has 0 saturated carbocycles. The zero-order chi connectivity index (χ0) is 13.8. The highest BCUT2D eigenvalue weighted by Crippen LogP contribution is 2.10. The van der Waals surface area contributed by atoms with Crippen molar-refractivity contribution in [3.63, 3.8) is 0 Å². The van der Waals surface area contributed by atoms with Crippen LogP contribution in [0.3, 0.4) is 0 Å². The van der Waals surface area contributed by atoms with Crippen LogP contribution in [0.1, 0.15) is 37.2 Å². The Hall–Kier alpha value is -1.55. The Labute approximate surface area is 115 Å². The van der Waals surface area contributed by atoms with Crippen molar-refractivity contribution in [2.24, 2.45) is 5.73 Å². The Morgan fingerprint density at radius 1 is 1.37 bits per heavy atom. The van der Waals surface area contributed by atoms with E-state index in [2.05, 4.69) is 52.7 Å². The Morgan fingerprint density at radius 3 is 2.84 bits per heavy atom. The zero-order valence-electron chi connectivity index (χ0n) is 12.1. The second-order valence-electron chi connectivity index (χ2n) is 5.16. The molecule has 2 aromatic rings. The third-order valence-corrected chi connectivity index (χ3v) is 3.46. The van der Waals surface area contributed by atoms with Crippen LogP contribution in [0.25, 0.3) is 0 Å². The van der Waals surface area contributed by atoms with Gasteiger partial charge < -0.3 is 10.3 Å². The Bertz CT molecular complexity index is 524. The molecule has 4 heteroatoms. The average molecular weight is 260 g/mol. The largest absolute Gasteiger partial charge is 0.348 e. The van der Waals surface area contributed by atoms with E-state index >= 15 is 0 Å². The van der Waals surface area contributed by atoms with Crippen molar-refractivity contribution in [3.8, 4) is 0 Å². The van der Waals surface area contributed by atoms with Crippen LogP contribution in [0.4, 0.5) is 0 Å². The van der Waals surface area contributed by atoms with Gasteiger partial charge in [0.25, 0.3) is 0 Å². The first-order valence-electron chi connectivity index (χ1n) is 7.06. The molecule has 0 aliphatic heterocycles. The lowest BCUT2D eigenvalue weighted by Crippen LogP contribution is -2.21. The van der Waals surface area contributed by atoms with E-state index in [1.54, 1.807) is 0 Å². The van der Waals surface area contributed by atoms with E-state index in [1.165, 1.54) is 11.3 Å². The first-order valence-corrected chi connectivity index (χ1v) is 7.06. The molecule has 0 fully saturated rings. The molecule has 1 atom stereocenters. The van der Waals surface area contributed by atoms with E-state index < -0.39 is 0 Å². The summed E-state index contributed by atoms with van der Waals surface area (Å²) in [6.45, 7) is 8.08. The van der Waals surface area contributed by atoms with Crippen LogP contribution in [-0.2, 0) is 19.5 Å². The molecule has 2 N–H and O–H groups in total. The lowest BCUT2D eigenvalue weighted by atomic mass is 10.1. The SMILES string of the molecule is CCC(N)Cc1ccn(Cc2cc(C)nn2CC)c1. The number of aryl methyl sites for hydroxylation is 2. The molecule has 0 radical (unpaired) electrons. The maximum absolute atomic E-state index is 5.99. The Morgan fingerprint density at radius 2 is 2.16 bits per heavy atom. The second kappa shape index (κ2) is 6.06. The van der Waals surface area contributed by atoms with Crippen molar-refractivity contribution in [3.05, 3.63) is 41.5 Å². The summed E-state index contributed by atoms with van der Waals surface area (Å²) in [5.74, 6) is 0. The van der Waals surface area contributed by atoms with Gasteiger partial charge in [-0.05, 0) is 44.4 Å². The smallest absolute Gasteiger partial charge is 0.0639 e. The van der Waals surface area contributed by atoms with Gasteiger partial charge in [0, 0.05) is 25.0 Å². The number of nitrogens with two attached hydrogens (primary N) is 1. The van der Waals surface area contributed by atoms with E-state index in [9.17, 15) is 0 Å². The van der Waals surface area contributed by atoms with E-state index in [1.807, 2.05) is 6.92 Å². The monoisotopic (exact) mass is 260 g/mol. The van der Waals surface area contributed by atoms with E-state index in [0.29, 0.717) is 0 Å². The molecule has 0 amide bonds. The summed E-state index contributed by atoms with van der Waals surface area (Å²) in [6, 6.07) is 4.58. The maximum atomic E-state index is 5.99. The van der Waals surface area contributed by atoms with Gasteiger partial charge in [0.15, 0.2) is 0 Å². The van der Waals surface area contributed by atoms with Crippen molar-refractivity contribution < 1.29 is 0 Å². The first kappa shape index (κ1) is 13.9. The molecule has 0 aromatic carbocycles. The fraction of sp³-hybridized carbons (Fsp3) is 0.533. The summed E-state index contributed by atoms with van der Waals surface area (Å²) in [4.78, 5) is 0. The molecule has 1 unspecified atom stereocenters. The molecule has 19 heavy (non-hydrogen) atoms. The third kappa shape index (κ3) is 3.47.